The molecule has 0 aromatic heterocycles. The second-order valence-electron chi connectivity index (χ2n) is 7.33. The first kappa shape index (κ1) is 19.1. The highest BCUT2D eigenvalue weighted by Crippen LogP contribution is 2.39. The molecule has 144 valence electrons. The molecule has 0 spiro atoms. The van der Waals surface area contributed by atoms with Gasteiger partial charge in [-0.15, -0.1) is 0 Å². The normalized spacial score (nSPS) is 18.6. The van der Waals surface area contributed by atoms with E-state index < -0.39 is 6.10 Å². The maximum absolute atomic E-state index is 12.9. The molecule has 0 fully saturated rings. The van der Waals surface area contributed by atoms with Crippen LogP contribution >= 0.6 is 0 Å². The van der Waals surface area contributed by atoms with Crippen LogP contribution in [0, 0.1) is 0 Å². The van der Waals surface area contributed by atoms with E-state index >= 15 is 0 Å². The van der Waals surface area contributed by atoms with Gasteiger partial charge in [-0.25, -0.2) is 0 Å². The van der Waals surface area contributed by atoms with Gasteiger partial charge in [-0.2, -0.15) is 0 Å². The molecule has 1 aliphatic heterocycles. The van der Waals surface area contributed by atoms with Crippen LogP contribution in [0.2, 0.25) is 0 Å². The number of benzene rings is 2. The molecule has 0 radical (unpaired) electrons. The molecule has 0 saturated heterocycles. The SMILES string of the molecule is CC[C@@H](Oc1ccccc1OC)C(=O)N[C@H]1CC(C)(C)Oc2ccccc21. The summed E-state index contributed by atoms with van der Waals surface area (Å²) in [5.41, 5.74) is 0.648. The summed E-state index contributed by atoms with van der Waals surface area (Å²) in [6.45, 7) is 6.00. The van der Waals surface area contributed by atoms with Crippen molar-refractivity contribution in [3.05, 3.63) is 54.1 Å². The van der Waals surface area contributed by atoms with Crippen LogP contribution in [0.25, 0.3) is 0 Å². The van der Waals surface area contributed by atoms with Crippen molar-refractivity contribution in [1.29, 1.82) is 0 Å². The first-order valence-electron chi connectivity index (χ1n) is 9.31. The van der Waals surface area contributed by atoms with E-state index in [1.807, 2.05) is 69.3 Å². The predicted octanol–water partition coefficient (Wildman–Crippen LogP) is 4.27. The van der Waals surface area contributed by atoms with E-state index in [1.54, 1.807) is 7.11 Å². The number of para-hydroxylation sites is 3. The van der Waals surface area contributed by atoms with Crippen LogP contribution in [0.1, 0.15) is 45.2 Å². The van der Waals surface area contributed by atoms with Crippen LogP contribution in [0.5, 0.6) is 17.2 Å². The maximum Gasteiger partial charge on any atom is 0.261 e. The Morgan fingerprint density at radius 1 is 1.19 bits per heavy atom. The molecule has 1 heterocycles. The number of hydrogen-bond donors (Lipinski definition) is 1. The van der Waals surface area contributed by atoms with Gasteiger partial charge in [-0.3, -0.25) is 4.79 Å². The van der Waals surface area contributed by atoms with E-state index in [4.69, 9.17) is 14.2 Å². The van der Waals surface area contributed by atoms with Gasteiger partial charge in [0.1, 0.15) is 11.4 Å². The molecule has 0 unspecified atom stereocenters. The fourth-order valence-electron chi connectivity index (χ4n) is 3.39. The number of hydrogen-bond acceptors (Lipinski definition) is 4. The molecule has 1 N–H and O–H groups in total. The summed E-state index contributed by atoms with van der Waals surface area (Å²) in [5.74, 6) is 1.86. The maximum atomic E-state index is 12.9. The van der Waals surface area contributed by atoms with Crippen LogP contribution in [0.15, 0.2) is 48.5 Å². The Hall–Kier alpha value is -2.69. The van der Waals surface area contributed by atoms with Gasteiger partial charge in [0.25, 0.3) is 5.91 Å². The molecule has 3 rings (SSSR count). The number of methoxy groups -OCH3 is 1. The van der Waals surface area contributed by atoms with Crippen molar-refractivity contribution in [2.75, 3.05) is 7.11 Å². The largest absolute Gasteiger partial charge is 0.493 e. The summed E-state index contributed by atoms with van der Waals surface area (Å²) >= 11 is 0. The zero-order chi connectivity index (χ0) is 19.4. The minimum absolute atomic E-state index is 0.118. The summed E-state index contributed by atoms with van der Waals surface area (Å²) in [7, 11) is 1.59. The van der Waals surface area contributed by atoms with E-state index in [-0.39, 0.29) is 17.6 Å². The zero-order valence-electron chi connectivity index (χ0n) is 16.3. The van der Waals surface area contributed by atoms with Crippen molar-refractivity contribution in [2.24, 2.45) is 0 Å². The molecular formula is C22H27NO4. The number of carbonyl (C=O) groups is 1. The lowest BCUT2D eigenvalue weighted by molar-refractivity contribution is -0.129. The lowest BCUT2D eigenvalue weighted by Crippen LogP contribution is -2.45. The third kappa shape index (κ3) is 4.35. The quantitative estimate of drug-likeness (QED) is 0.826. The molecule has 27 heavy (non-hydrogen) atoms. The number of ether oxygens (including phenoxy) is 3. The smallest absolute Gasteiger partial charge is 0.261 e. The average molecular weight is 369 g/mol. The van der Waals surface area contributed by atoms with Crippen molar-refractivity contribution in [2.45, 2.75) is 51.4 Å². The Balaban J connectivity index is 1.77. The van der Waals surface area contributed by atoms with Crippen LogP contribution in [-0.4, -0.2) is 24.7 Å². The van der Waals surface area contributed by atoms with E-state index in [9.17, 15) is 4.79 Å². The van der Waals surface area contributed by atoms with Crippen molar-refractivity contribution in [3.8, 4) is 17.2 Å². The molecule has 2 aromatic rings. The molecule has 5 heteroatoms. The number of nitrogens with one attached hydrogen (secondary N) is 1. The predicted molar refractivity (Wildman–Crippen MR) is 104 cm³/mol. The first-order chi connectivity index (χ1) is 12.9. The van der Waals surface area contributed by atoms with Gasteiger partial charge in [-0.05, 0) is 38.5 Å². The van der Waals surface area contributed by atoms with Crippen molar-refractivity contribution in [3.63, 3.8) is 0 Å². The molecule has 1 aliphatic rings. The fourth-order valence-corrected chi connectivity index (χ4v) is 3.39. The Morgan fingerprint density at radius 3 is 2.56 bits per heavy atom. The van der Waals surface area contributed by atoms with Gasteiger partial charge in [0.15, 0.2) is 17.6 Å². The molecule has 2 aromatic carbocycles. The van der Waals surface area contributed by atoms with E-state index in [1.165, 1.54) is 0 Å². The zero-order valence-corrected chi connectivity index (χ0v) is 16.3. The van der Waals surface area contributed by atoms with Crippen LogP contribution < -0.4 is 19.5 Å². The topological polar surface area (TPSA) is 56.8 Å². The minimum Gasteiger partial charge on any atom is -0.493 e. The third-order valence-corrected chi connectivity index (χ3v) is 4.69. The standard InChI is InChI=1S/C22H27NO4/c1-5-17(26-20-13-9-8-12-19(20)25-4)21(24)23-16-14-22(2,3)27-18-11-7-6-10-15(16)18/h6-13,16-17H,5,14H2,1-4H3,(H,23,24)/t16-,17+/m0/s1. The third-order valence-electron chi connectivity index (χ3n) is 4.69. The molecule has 0 saturated carbocycles. The molecule has 1 amide bonds. The Kier molecular flexibility index (Phi) is 5.59. The Labute approximate surface area is 160 Å². The summed E-state index contributed by atoms with van der Waals surface area (Å²) in [4.78, 5) is 12.9. The second-order valence-corrected chi connectivity index (χ2v) is 7.33. The van der Waals surface area contributed by atoms with Gasteiger partial charge >= 0.3 is 0 Å². The first-order valence-corrected chi connectivity index (χ1v) is 9.31. The van der Waals surface area contributed by atoms with Crippen molar-refractivity contribution in [1.82, 2.24) is 5.32 Å². The Bertz CT molecular complexity index is 802. The number of rotatable bonds is 6. The van der Waals surface area contributed by atoms with Gasteiger partial charge in [0.05, 0.1) is 13.2 Å². The second kappa shape index (κ2) is 7.91. The molecule has 5 nitrogen and oxygen atoms in total. The van der Waals surface area contributed by atoms with Crippen LogP contribution in [-0.2, 0) is 4.79 Å². The summed E-state index contributed by atoms with van der Waals surface area (Å²) in [6.07, 6.45) is 0.651. The highest BCUT2D eigenvalue weighted by Gasteiger charge is 2.35. The Morgan fingerprint density at radius 2 is 1.85 bits per heavy atom. The van der Waals surface area contributed by atoms with E-state index in [0.29, 0.717) is 24.3 Å². The number of amides is 1. The van der Waals surface area contributed by atoms with Crippen molar-refractivity contribution >= 4 is 5.91 Å². The lowest BCUT2D eigenvalue weighted by Gasteiger charge is -2.38. The monoisotopic (exact) mass is 369 g/mol. The molecular weight excluding hydrogens is 342 g/mol. The molecule has 2 atom stereocenters. The number of fused-ring (bicyclic) bond motifs is 1. The minimum atomic E-state index is -0.598. The van der Waals surface area contributed by atoms with Crippen molar-refractivity contribution < 1.29 is 19.0 Å². The van der Waals surface area contributed by atoms with E-state index in [2.05, 4.69) is 5.32 Å². The van der Waals surface area contributed by atoms with Crippen LogP contribution in [0.3, 0.4) is 0 Å². The fraction of sp³-hybridized carbons (Fsp3) is 0.409. The van der Waals surface area contributed by atoms with Gasteiger partial charge < -0.3 is 19.5 Å². The summed E-state index contributed by atoms with van der Waals surface area (Å²) in [6, 6.07) is 15.1. The summed E-state index contributed by atoms with van der Waals surface area (Å²) < 4.78 is 17.3. The van der Waals surface area contributed by atoms with E-state index in [0.717, 1.165) is 11.3 Å². The molecule has 0 bridgehead atoms. The summed E-state index contributed by atoms with van der Waals surface area (Å²) in [5, 5.41) is 3.15. The molecule has 0 aliphatic carbocycles. The van der Waals surface area contributed by atoms with Gasteiger partial charge in [-0.1, -0.05) is 37.3 Å². The van der Waals surface area contributed by atoms with Gasteiger partial charge in [0.2, 0.25) is 0 Å². The average Bonchev–Trinajstić information content (AvgIpc) is 2.65. The highest BCUT2D eigenvalue weighted by atomic mass is 16.5. The number of carbonyl (C=O) groups excluding carboxylic acids is 1. The highest BCUT2D eigenvalue weighted by molar-refractivity contribution is 5.81. The van der Waals surface area contributed by atoms with Crippen LogP contribution in [0.4, 0.5) is 0 Å². The van der Waals surface area contributed by atoms with Gasteiger partial charge in [0, 0.05) is 12.0 Å². The lowest BCUT2D eigenvalue weighted by atomic mass is 9.89.